The Bertz CT molecular complexity index is 1570. The molecular formula is C28H23N3O4. The first-order chi connectivity index (χ1) is 16.9. The first kappa shape index (κ1) is 23.5. The maximum Gasteiger partial charge on any atom is 0.337 e. The molecule has 0 fully saturated rings. The predicted octanol–water partition coefficient (Wildman–Crippen LogP) is 4.16. The van der Waals surface area contributed by atoms with Crippen LogP contribution in [0, 0.1) is 18.8 Å². The normalized spacial score (nSPS) is 10.4. The Labute approximate surface area is 202 Å². The van der Waals surface area contributed by atoms with Crippen LogP contribution in [0.1, 0.15) is 44.5 Å². The molecule has 0 aliphatic heterocycles. The van der Waals surface area contributed by atoms with E-state index in [4.69, 9.17) is 4.74 Å². The zero-order chi connectivity index (χ0) is 24.9. The molecule has 7 heteroatoms. The van der Waals surface area contributed by atoms with Gasteiger partial charge >= 0.3 is 5.97 Å². The number of methoxy groups -OCH3 is 1. The number of ether oxygens (including phenoxy) is 1. The molecule has 174 valence electrons. The Morgan fingerprint density at radius 3 is 2.40 bits per heavy atom. The van der Waals surface area contributed by atoms with Crippen LogP contribution in [0.5, 0.6) is 0 Å². The number of hydrogen-bond acceptors (Lipinski definition) is 5. The van der Waals surface area contributed by atoms with Crippen molar-refractivity contribution in [2.45, 2.75) is 20.4 Å². The quantitative estimate of drug-likeness (QED) is 0.361. The fourth-order valence-corrected chi connectivity index (χ4v) is 3.69. The topological polar surface area (TPSA) is 90.3 Å². The smallest absolute Gasteiger partial charge is 0.337 e. The van der Waals surface area contributed by atoms with Gasteiger partial charge in [-0.05, 0) is 68.4 Å². The maximum atomic E-state index is 12.9. The number of aryl methyl sites for hydroxylation is 2. The first-order valence-electron chi connectivity index (χ1n) is 11.0. The van der Waals surface area contributed by atoms with Crippen molar-refractivity contribution in [3.05, 3.63) is 105 Å². The average molecular weight is 466 g/mol. The van der Waals surface area contributed by atoms with Crippen LogP contribution in [0.3, 0.4) is 0 Å². The molecule has 0 saturated heterocycles. The van der Waals surface area contributed by atoms with E-state index in [0.29, 0.717) is 51.2 Å². The fourth-order valence-electron chi connectivity index (χ4n) is 3.69. The summed E-state index contributed by atoms with van der Waals surface area (Å²) in [6.07, 6.45) is 0. The molecule has 3 aromatic carbocycles. The molecule has 4 aromatic rings. The highest BCUT2D eigenvalue weighted by Gasteiger charge is 2.12. The lowest BCUT2D eigenvalue weighted by molar-refractivity contribution is 0.0600. The lowest BCUT2D eigenvalue weighted by Gasteiger charge is -2.10. The fraction of sp³-hybridized carbons (Fsp3) is 0.143. The number of hydrogen-bond donors (Lipinski definition) is 1. The zero-order valence-electron chi connectivity index (χ0n) is 19.6. The summed E-state index contributed by atoms with van der Waals surface area (Å²) in [6.45, 7) is 4.08. The molecule has 0 saturated carbocycles. The molecule has 0 aliphatic rings. The van der Waals surface area contributed by atoms with Crippen molar-refractivity contribution >= 4 is 28.6 Å². The third-order valence-corrected chi connectivity index (χ3v) is 5.44. The van der Waals surface area contributed by atoms with Gasteiger partial charge in [-0.25, -0.2) is 9.78 Å². The largest absolute Gasteiger partial charge is 0.465 e. The number of rotatable bonds is 4. The SMILES string of the molecule is CCn1c(=O)c(C)nc2cc(C(=O)Nc3cccc(C#Cc4cccc(C(=O)OC)c4)c3)ccc21. The van der Waals surface area contributed by atoms with Crippen molar-refractivity contribution in [2.75, 3.05) is 12.4 Å². The molecular weight excluding hydrogens is 442 g/mol. The molecule has 0 unspecified atom stereocenters. The number of nitrogens with one attached hydrogen (secondary N) is 1. The van der Waals surface area contributed by atoms with Crippen LogP contribution in [0.25, 0.3) is 11.0 Å². The van der Waals surface area contributed by atoms with E-state index in [1.807, 2.05) is 13.0 Å². The molecule has 1 aromatic heterocycles. The number of fused-ring (bicyclic) bond motifs is 1. The highest BCUT2D eigenvalue weighted by molar-refractivity contribution is 6.06. The standard InChI is InChI=1S/C28H23N3O4/c1-4-31-25-14-13-21(17-24(25)29-18(2)27(31)33)26(32)30-23-10-6-8-20(16-23)12-11-19-7-5-9-22(15-19)28(34)35-3/h5-10,13-17H,4H2,1-3H3,(H,30,32). The molecule has 7 nitrogen and oxygen atoms in total. The van der Waals surface area contributed by atoms with Crippen LogP contribution in [-0.4, -0.2) is 28.5 Å². The summed E-state index contributed by atoms with van der Waals surface area (Å²) in [5.74, 6) is 5.36. The zero-order valence-corrected chi connectivity index (χ0v) is 19.6. The molecule has 1 heterocycles. The van der Waals surface area contributed by atoms with Gasteiger partial charge in [-0.1, -0.05) is 24.0 Å². The molecule has 1 amide bonds. The molecule has 0 bridgehead atoms. The third-order valence-electron chi connectivity index (χ3n) is 5.44. The van der Waals surface area contributed by atoms with Crippen molar-refractivity contribution in [1.82, 2.24) is 9.55 Å². The van der Waals surface area contributed by atoms with Gasteiger partial charge in [0.15, 0.2) is 0 Å². The highest BCUT2D eigenvalue weighted by atomic mass is 16.5. The number of nitrogens with zero attached hydrogens (tertiary/aromatic N) is 2. The molecule has 0 spiro atoms. The molecule has 1 N–H and O–H groups in total. The number of carbonyl (C=O) groups is 2. The van der Waals surface area contributed by atoms with Gasteiger partial charge in [0, 0.05) is 28.9 Å². The van der Waals surface area contributed by atoms with Gasteiger partial charge in [-0.3, -0.25) is 9.59 Å². The van der Waals surface area contributed by atoms with Crippen LogP contribution in [0.2, 0.25) is 0 Å². The maximum absolute atomic E-state index is 12.9. The monoisotopic (exact) mass is 465 g/mol. The average Bonchev–Trinajstić information content (AvgIpc) is 2.88. The Morgan fingerprint density at radius 1 is 0.971 bits per heavy atom. The van der Waals surface area contributed by atoms with Crippen LogP contribution in [0.4, 0.5) is 5.69 Å². The number of aromatic nitrogens is 2. The summed E-state index contributed by atoms with van der Waals surface area (Å²) in [6, 6.07) is 19.2. The lowest BCUT2D eigenvalue weighted by Crippen LogP contribution is -2.23. The van der Waals surface area contributed by atoms with Crippen molar-refractivity contribution in [2.24, 2.45) is 0 Å². The third kappa shape index (κ3) is 5.12. The van der Waals surface area contributed by atoms with Crippen molar-refractivity contribution in [3.63, 3.8) is 0 Å². The van der Waals surface area contributed by atoms with E-state index in [2.05, 4.69) is 22.1 Å². The van der Waals surface area contributed by atoms with Crippen LogP contribution < -0.4 is 10.9 Å². The molecule has 0 aliphatic carbocycles. The molecule has 4 rings (SSSR count). The van der Waals surface area contributed by atoms with Gasteiger partial charge in [0.25, 0.3) is 11.5 Å². The van der Waals surface area contributed by atoms with E-state index >= 15 is 0 Å². The number of anilines is 1. The van der Waals surface area contributed by atoms with Crippen molar-refractivity contribution in [3.8, 4) is 11.8 Å². The number of amides is 1. The Morgan fingerprint density at radius 2 is 1.69 bits per heavy atom. The van der Waals surface area contributed by atoms with Crippen LogP contribution >= 0.6 is 0 Å². The van der Waals surface area contributed by atoms with E-state index in [1.54, 1.807) is 72.2 Å². The van der Waals surface area contributed by atoms with E-state index in [-0.39, 0.29) is 11.5 Å². The number of esters is 1. The molecule has 0 radical (unpaired) electrons. The highest BCUT2D eigenvalue weighted by Crippen LogP contribution is 2.16. The van der Waals surface area contributed by atoms with Gasteiger partial charge < -0.3 is 14.6 Å². The minimum Gasteiger partial charge on any atom is -0.465 e. The summed E-state index contributed by atoms with van der Waals surface area (Å²) < 4.78 is 6.38. The van der Waals surface area contributed by atoms with Gasteiger partial charge in [-0.15, -0.1) is 0 Å². The van der Waals surface area contributed by atoms with Gasteiger partial charge in [-0.2, -0.15) is 0 Å². The van der Waals surface area contributed by atoms with Crippen LogP contribution in [0.15, 0.2) is 71.5 Å². The van der Waals surface area contributed by atoms with Crippen LogP contribution in [-0.2, 0) is 11.3 Å². The van der Waals surface area contributed by atoms with E-state index in [9.17, 15) is 14.4 Å². The summed E-state index contributed by atoms with van der Waals surface area (Å²) in [4.78, 5) is 41.3. The summed E-state index contributed by atoms with van der Waals surface area (Å²) in [5.41, 5.74) is 4.36. The first-order valence-corrected chi connectivity index (χ1v) is 11.0. The second-order valence-corrected chi connectivity index (χ2v) is 7.81. The van der Waals surface area contributed by atoms with Crippen molar-refractivity contribution in [1.29, 1.82) is 0 Å². The van der Waals surface area contributed by atoms with Gasteiger partial charge in [0.1, 0.15) is 5.69 Å². The minimum atomic E-state index is -0.421. The number of benzene rings is 3. The van der Waals surface area contributed by atoms with Gasteiger partial charge in [0.05, 0.1) is 23.7 Å². The summed E-state index contributed by atoms with van der Waals surface area (Å²) >= 11 is 0. The Hall–Kier alpha value is -4.70. The van der Waals surface area contributed by atoms with E-state index < -0.39 is 5.97 Å². The van der Waals surface area contributed by atoms with E-state index in [0.717, 1.165) is 0 Å². The lowest BCUT2D eigenvalue weighted by atomic mass is 10.1. The molecule has 0 atom stereocenters. The second-order valence-electron chi connectivity index (χ2n) is 7.81. The number of carbonyl (C=O) groups excluding carboxylic acids is 2. The summed E-state index contributed by atoms with van der Waals surface area (Å²) in [5, 5.41) is 2.88. The summed E-state index contributed by atoms with van der Waals surface area (Å²) in [7, 11) is 1.33. The predicted molar refractivity (Wildman–Crippen MR) is 135 cm³/mol. The second kappa shape index (κ2) is 10.1. The van der Waals surface area contributed by atoms with Gasteiger partial charge in [0.2, 0.25) is 0 Å². The van der Waals surface area contributed by atoms with E-state index in [1.165, 1.54) is 7.11 Å². The Kier molecular flexibility index (Phi) is 6.74. The Balaban J connectivity index is 1.56. The molecule has 35 heavy (non-hydrogen) atoms. The van der Waals surface area contributed by atoms with Crippen molar-refractivity contribution < 1.29 is 14.3 Å². The minimum absolute atomic E-state index is 0.132.